The van der Waals surface area contributed by atoms with Crippen LogP contribution in [0.4, 0.5) is 10.8 Å². The number of aromatic nitrogens is 1. The van der Waals surface area contributed by atoms with Gasteiger partial charge in [0.1, 0.15) is 5.57 Å². The summed E-state index contributed by atoms with van der Waals surface area (Å²) >= 11 is 1.27. The third-order valence-corrected chi connectivity index (χ3v) is 10.9. The maximum atomic E-state index is 13.1. The molecule has 1 N–H and O–H groups in total. The fraction of sp³-hybridized carbons (Fsp3) is 0.471. The summed E-state index contributed by atoms with van der Waals surface area (Å²) in [7, 11) is 1.97. The average Bonchev–Trinajstić information content (AvgIpc) is 3.62. The van der Waals surface area contributed by atoms with Crippen molar-refractivity contribution < 1.29 is 38.1 Å². The minimum absolute atomic E-state index is 0.119. The summed E-state index contributed by atoms with van der Waals surface area (Å²) in [6.45, 7) is 4.22. The zero-order chi connectivity index (χ0) is 33.0. The fourth-order valence-corrected chi connectivity index (χ4v) is 8.15. The molecule has 0 bridgehead atoms. The van der Waals surface area contributed by atoms with Gasteiger partial charge in [-0.05, 0) is 61.3 Å². The summed E-state index contributed by atoms with van der Waals surface area (Å²) in [5.41, 5.74) is 4.92. The van der Waals surface area contributed by atoms with Gasteiger partial charge in [0.25, 0.3) is 17.3 Å². The van der Waals surface area contributed by atoms with Gasteiger partial charge < -0.3 is 23.8 Å². The first kappa shape index (κ1) is 31.1. The number of rotatable bonds is 4. The van der Waals surface area contributed by atoms with E-state index in [1.54, 1.807) is 17.7 Å². The number of nitrogens with zero attached hydrogens (tertiary/aromatic N) is 3. The van der Waals surface area contributed by atoms with E-state index in [-0.39, 0.29) is 11.0 Å². The molecule has 12 nitrogen and oxygen atoms in total. The predicted molar refractivity (Wildman–Crippen MR) is 171 cm³/mol. The zero-order valence-corrected chi connectivity index (χ0v) is 27.3. The van der Waals surface area contributed by atoms with Gasteiger partial charge in [0, 0.05) is 61.1 Å². The van der Waals surface area contributed by atoms with Gasteiger partial charge in [-0.15, -0.1) is 11.3 Å². The molecule has 0 unspecified atom stereocenters. The molecule has 246 valence electrons. The Morgan fingerprint density at radius 2 is 1.40 bits per heavy atom. The Bertz CT molecular complexity index is 1670. The second-order valence-corrected chi connectivity index (χ2v) is 14.2. The number of para-hydroxylation sites is 1. The van der Waals surface area contributed by atoms with Crippen LogP contribution in [-0.4, -0.2) is 53.2 Å². The van der Waals surface area contributed by atoms with Crippen LogP contribution in [0.15, 0.2) is 64.4 Å². The van der Waals surface area contributed by atoms with Gasteiger partial charge in [0.2, 0.25) is 5.13 Å². The number of fused-ring (bicyclic) bond motifs is 1. The number of esters is 4. The van der Waals surface area contributed by atoms with E-state index in [9.17, 15) is 19.2 Å². The molecule has 2 saturated carbocycles. The van der Waals surface area contributed by atoms with Crippen LogP contribution in [-0.2, 0) is 43.5 Å². The Morgan fingerprint density at radius 1 is 0.851 bits per heavy atom. The highest BCUT2D eigenvalue weighted by Gasteiger charge is 2.53. The fourth-order valence-electron chi connectivity index (χ4n) is 7.68. The Kier molecular flexibility index (Phi) is 7.69. The summed E-state index contributed by atoms with van der Waals surface area (Å²) in [5.74, 6) is -4.94. The van der Waals surface area contributed by atoms with E-state index in [0.29, 0.717) is 68.3 Å². The van der Waals surface area contributed by atoms with Gasteiger partial charge in [0.15, 0.2) is 0 Å². The van der Waals surface area contributed by atoms with Crippen molar-refractivity contribution in [2.45, 2.75) is 82.2 Å². The Labute approximate surface area is 275 Å². The SMILES string of the molecule is CN1C(=CC=C2C(=O)OC3(CCC(C4CCC5(CC4)OC(=O)C(=NNc4nccs4)C(=O)O5)CC3)OC2=O)C(C)(C)c2ccccc21. The highest BCUT2D eigenvalue weighted by Crippen LogP contribution is 2.49. The van der Waals surface area contributed by atoms with Crippen molar-refractivity contribution in [1.82, 2.24) is 4.98 Å². The monoisotopic (exact) mass is 660 g/mol. The number of hydrogen-bond acceptors (Lipinski definition) is 13. The molecule has 0 atom stereocenters. The molecular weight excluding hydrogens is 624 g/mol. The standard InChI is InChI=1S/C34H36N4O8S/c1-32(2)23-6-4-5-7-24(23)38(3)25(32)9-8-22-27(39)43-33(44-28(22)40)14-10-20(11-15-33)21-12-16-34(17-13-21)45-29(41)26(30(42)46-34)36-37-31-35-18-19-47-31/h4-9,18-21H,10-17H2,1-3H3,(H,35,37). The summed E-state index contributed by atoms with van der Waals surface area (Å²) in [6.07, 6.45) is 9.27. The molecule has 4 fully saturated rings. The normalized spacial score (nSPS) is 30.9. The molecule has 5 aliphatic rings. The van der Waals surface area contributed by atoms with Gasteiger partial charge in [0.05, 0.1) is 0 Å². The second kappa shape index (κ2) is 11.6. The maximum absolute atomic E-state index is 13.1. The van der Waals surface area contributed by atoms with Crippen molar-refractivity contribution in [3.63, 3.8) is 0 Å². The number of nitrogens with one attached hydrogen (secondary N) is 1. The third-order valence-electron chi connectivity index (χ3n) is 10.2. The Morgan fingerprint density at radius 3 is 1.94 bits per heavy atom. The van der Waals surface area contributed by atoms with Crippen LogP contribution in [0.5, 0.6) is 0 Å². The van der Waals surface area contributed by atoms with Crippen LogP contribution >= 0.6 is 11.3 Å². The molecule has 0 amide bonds. The number of allylic oxidation sites excluding steroid dienone is 3. The zero-order valence-electron chi connectivity index (χ0n) is 26.4. The first-order valence-corrected chi connectivity index (χ1v) is 16.8. The van der Waals surface area contributed by atoms with Crippen LogP contribution in [0.2, 0.25) is 0 Å². The third kappa shape index (κ3) is 5.60. The number of carbonyl (C=O) groups excluding carboxylic acids is 4. The first-order valence-electron chi connectivity index (χ1n) is 15.9. The van der Waals surface area contributed by atoms with Crippen molar-refractivity contribution >= 4 is 51.7 Å². The minimum atomic E-state index is -1.29. The van der Waals surface area contributed by atoms with Gasteiger partial charge in [-0.3, -0.25) is 5.43 Å². The molecule has 3 aliphatic heterocycles. The highest BCUT2D eigenvalue weighted by atomic mass is 32.1. The topological polar surface area (TPSA) is 146 Å². The molecule has 2 spiro atoms. The predicted octanol–water partition coefficient (Wildman–Crippen LogP) is 5.12. The van der Waals surface area contributed by atoms with Crippen LogP contribution in [0.3, 0.4) is 0 Å². The molecule has 1 aromatic heterocycles. The quantitative estimate of drug-likeness (QED) is 0.202. The van der Waals surface area contributed by atoms with Crippen molar-refractivity contribution in [3.8, 4) is 0 Å². The number of ether oxygens (including phenoxy) is 4. The number of anilines is 2. The van der Waals surface area contributed by atoms with Gasteiger partial charge in [-0.2, -0.15) is 5.10 Å². The summed E-state index contributed by atoms with van der Waals surface area (Å²) in [5, 5.41) is 6.01. The van der Waals surface area contributed by atoms with E-state index in [2.05, 4.69) is 46.4 Å². The van der Waals surface area contributed by atoms with Crippen molar-refractivity contribution in [3.05, 3.63) is 64.8 Å². The molecular formula is C34H36N4O8S. The van der Waals surface area contributed by atoms with Gasteiger partial charge >= 0.3 is 23.9 Å². The van der Waals surface area contributed by atoms with E-state index < -0.39 is 41.2 Å². The molecule has 47 heavy (non-hydrogen) atoms. The number of carbonyl (C=O) groups is 4. The number of hydrogen-bond donors (Lipinski definition) is 1. The average molecular weight is 661 g/mol. The molecule has 2 saturated heterocycles. The molecule has 2 aromatic rings. The van der Waals surface area contributed by atoms with Gasteiger partial charge in [-0.25, -0.2) is 24.2 Å². The number of benzene rings is 1. The Balaban J connectivity index is 0.937. The second-order valence-electron chi connectivity index (χ2n) is 13.3. The van der Waals surface area contributed by atoms with Crippen LogP contribution in [0.25, 0.3) is 0 Å². The van der Waals surface area contributed by atoms with Crippen LogP contribution in [0, 0.1) is 11.8 Å². The van der Waals surface area contributed by atoms with E-state index in [1.807, 2.05) is 19.2 Å². The lowest BCUT2D eigenvalue weighted by atomic mass is 9.70. The summed E-state index contributed by atoms with van der Waals surface area (Å²) in [4.78, 5) is 57.7. The first-order chi connectivity index (χ1) is 22.5. The molecule has 0 radical (unpaired) electrons. The van der Waals surface area contributed by atoms with Crippen LogP contribution < -0.4 is 10.3 Å². The number of likely N-dealkylation sites (N-methyl/N-ethyl adjacent to an activating group) is 1. The van der Waals surface area contributed by atoms with E-state index in [0.717, 1.165) is 11.4 Å². The lowest BCUT2D eigenvalue weighted by molar-refractivity contribution is -0.253. The molecule has 2 aliphatic carbocycles. The Hall–Kier alpha value is -4.52. The highest BCUT2D eigenvalue weighted by molar-refractivity contribution is 7.13. The van der Waals surface area contributed by atoms with Crippen molar-refractivity contribution in [2.75, 3.05) is 17.4 Å². The molecule has 13 heteroatoms. The maximum Gasteiger partial charge on any atom is 0.369 e. The van der Waals surface area contributed by atoms with Crippen molar-refractivity contribution in [2.24, 2.45) is 16.9 Å². The lowest BCUT2D eigenvalue weighted by Crippen LogP contribution is -2.53. The van der Waals surface area contributed by atoms with Gasteiger partial charge in [-0.1, -0.05) is 32.0 Å². The van der Waals surface area contributed by atoms with E-state index in [4.69, 9.17) is 18.9 Å². The molecule has 7 rings (SSSR count). The lowest BCUT2D eigenvalue weighted by Gasteiger charge is -2.45. The van der Waals surface area contributed by atoms with Crippen LogP contribution in [0.1, 0.15) is 70.8 Å². The molecule has 1 aromatic carbocycles. The van der Waals surface area contributed by atoms with E-state index in [1.165, 1.54) is 23.0 Å². The smallest absolute Gasteiger partial charge is 0.369 e. The largest absolute Gasteiger partial charge is 0.419 e. The number of hydrazone groups is 1. The molecule has 4 heterocycles. The minimum Gasteiger partial charge on any atom is -0.419 e. The van der Waals surface area contributed by atoms with Crippen molar-refractivity contribution in [1.29, 1.82) is 0 Å². The number of thiazole rings is 1. The summed E-state index contributed by atoms with van der Waals surface area (Å²) in [6, 6.07) is 8.13. The van der Waals surface area contributed by atoms with E-state index >= 15 is 0 Å². The summed E-state index contributed by atoms with van der Waals surface area (Å²) < 4.78 is 22.9.